The molecule has 0 radical (unpaired) electrons. The van der Waals surface area contributed by atoms with Crippen molar-refractivity contribution < 1.29 is 33.3 Å². The number of amides is 3. The summed E-state index contributed by atoms with van der Waals surface area (Å²) in [5, 5.41) is 14.4. The number of rotatable bonds is 13. The molecule has 19 nitrogen and oxygen atoms in total. The summed E-state index contributed by atoms with van der Waals surface area (Å²) in [5.74, 6) is 2.26. The smallest absolute Gasteiger partial charge is 0.412 e. The largest absolute Gasteiger partial charge is 0.497 e. The number of anilines is 7. The molecule has 2 aromatic heterocycles. The molecule has 318 valence electrons. The minimum absolute atomic E-state index is 0.135. The molecule has 0 bridgehead atoms. The number of nitrogens with two attached hydrogens (primary N) is 2. The van der Waals surface area contributed by atoms with Gasteiger partial charge in [-0.05, 0) is 81.3 Å². The molecular weight excluding hydrogens is 773 g/mol. The van der Waals surface area contributed by atoms with Crippen molar-refractivity contribution in [2.24, 2.45) is 9.98 Å². The molecule has 2 aliphatic heterocycles. The van der Waals surface area contributed by atoms with Gasteiger partial charge in [0.1, 0.15) is 34.5 Å². The highest BCUT2D eigenvalue weighted by Crippen LogP contribution is 2.38. The van der Waals surface area contributed by atoms with Gasteiger partial charge in [0, 0.05) is 31.4 Å². The van der Waals surface area contributed by atoms with E-state index in [2.05, 4.69) is 53.4 Å². The Balaban J connectivity index is 0.000000230. The van der Waals surface area contributed by atoms with Crippen LogP contribution in [0.1, 0.15) is 46.1 Å². The molecule has 60 heavy (non-hydrogen) atoms. The van der Waals surface area contributed by atoms with E-state index in [-0.39, 0.29) is 36.7 Å². The van der Waals surface area contributed by atoms with Crippen LogP contribution in [0.2, 0.25) is 0 Å². The Labute approximate surface area is 348 Å². The van der Waals surface area contributed by atoms with Crippen LogP contribution in [0.3, 0.4) is 0 Å². The fourth-order valence-electron chi connectivity index (χ4n) is 5.99. The summed E-state index contributed by atoms with van der Waals surface area (Å²) in [5.41, 5.74) is 18.2. The number of nitrogens with zero attached hydrogens (tertiary/aromatic N) is 5. The number of hydrogen-bond acceptors (Lipinski definition) is 16. The molecule has 19 heteroatoms. The van der Waals surface area contributed by atoms with Gasteiger partial charge < -0.3 is 51.3 Å². The van der Waals surface area contributed by atoms with Crippen molar-refractivity contribution >= 4 is 81.4 Å². The molecule has 0 unspecified atom stereocenters. The second-order valence-corrected chi connectivity index (χ2v) is 13.4. The highest BCUT2D eigenvalue weighted by atomic mass is 16.6. The lowest BCUT2D eigenvalue weighted by atomic mass is 10.0. The van der Waals surface area contributed by atoms with E-state index in [1.807, 2.05) is 50.4 Å². The number of nitrogen functional groups attached to an aromatic ring is 2. The Morgan fingerprint density at radius 1 is 0.817 bits per heavy atom. The summed E-state index contributed by atoms with van der Waals surface area (Å²) < 4.78 is 20.2. The van der Waals surface area contributed by atoms with Crippen LogP contribution in [0.15, 0.2) is 70.6 Å². The third-order valence-electron chi connectivity index (χ3n) is 8.91. The average Bonchev–Trinajstić information content (AvgIpc) is 3.22. The number of unbranched alkanes of at least 4 members (excludes halogenated alkanes) is 1. The Bertz CT molecular complexity index is 2200. The molecule has 0 saturated heterocycles. The van der Waals surface area contributed by atoms with Gasteiger partial charge in [0.15, 0.2) is 11.6 Å². The third kappa shape index (κ3) is 11.9. The zero-order chi connectivity index (χ0) is 43.2. The maximum Gasteiger partial charge on any atom is 0.412 e. The summed E-state index contributed by atoms with van der Waals surface area (Å²) in [6, 6.07) is 18.1. The van der Waals surface area contributed by atoms with Gasteiger partial charge in [0.25, 0.3) is 0 Å². The first kappa shape index (κ1) is 43.8. The van der Waals surface area contributed by atoms with Crippen LogP contribution in [-0.2, 0) is 9.47 Å². The Kier molecular flexibility index (Phi) is 15.3. The molecule has 1 atom stereocenters. The first-order valence-electron chi connectivity index (χ1n) is 19.5. The predicted molar refractivity (Wildman–Crippen MR) is 235 cm³/mol. The number of carbonyl (C=O) groups excluding carboxylic acids is 3. The standard InChI is InChI=1S/C22H28N6O4.C19H24N6O3/c1-4-6-11-24-21(29)32-15-9-7-14(8-10-15)18-13(3)25-16-12-17(27-22(30)31-5-2)26-20(23)19(16)28-18;1-4-28-19(26)24-16-9-15-17(18(20)23-16)22-12(10-21-15)11-25(2)13-5-7-14(27-3)8-6-13/h7-10,12-13,25H,4-6,11H2,1-3H3,(H,24,29)(H3,23,26,27,30);5-9,21H,4,10-11H2,1-3H3,(H3,20,23,24,26)/t13-;/m0./s1. The Hall–Kier alpha value is -7.31. The van der Waals surface area contributed by atoms with Gasteiger partial charge in [-0.15, -0.1) is 0 Å². The van der Waals surface area contributed by atoms with Gasteiger partial charge in [-0.25, -0.2) is 34.3 Å². The number of methoxy groups -OCH3 is 1. The molecule has 3 amide bonds. The van der Waals surface area contributed by atoms with Gasteiger partial charge in [-0.3, -0.25) is 10.6 Å². The summed E-state index contributed by atoms with van der Waals surface area (Å²) in [6.45, 7) is 9.77. The second-order valence-electron chi connectivity index (χ2n) is 13.4. The fourth-order valence-corrected chi connectivity index (χ4v) is 5.99. The van der Waals surface area contributed by atoms with E-state index in [4.69, 9.17) is 35.4 Å². The zero-order valence-electron chi connectivity index (χ0n) is 34.5. The molecule has 4 aromatic rings. The van der Waals surface area contributed by atoms with E-state index < -0.39 is 18.3 Å². The van der Waals surface area contributed by atoms with E-state index in [1.54, 1.807) is 45.2 Å². The quantitative estimate of drug-likeness (QED) is 0.0675. The summed E-state index contributed by atoms with van der Waals surface area (Å²) in [6.07, 6.45) is 0.245. The normalized spacial score (nSPS) is 13.5. The molecule has 0 saturated carbocycles. The van der Waals surface area contributed by atoms with Gasteiger partial charge in [-0.1, -0.05) is 13.3 Å². The van der Waals surface area contributed by atoms with E-state index >= 15 is 0 Å². The number of ether oxygens (including phenoxy) is 4. The molecule has 6 rings (SSSR count). The molecule has 2 aliphatic rings. The number of nitrogens with one attached hydrogen (secondary N) is 5. The highest BCUT2D eigenvalue weighted by molar-refractivity contribution is 6.10. The molecular formula is C41H52N12O7. The molecule has 0 aliphatic carbocycles. The van der Waals surface area contributed by atoms with E-state index in [0.717, 1.165) is 47.0 Å². The second kappa shape index (κ2) is 20.9. The van der Waals surface area contributed by atoms with Crippen molar-refractivity contribution in [3.8, 4) is 11.5 Å². The summed E-state index contributed by atoms with van der Waals surface area (Å²) in [4.78, 5) is 54.9. The van der Waals surface area contributed by atoms with Gasteiger partial charge in [0.05, 0.1) is 62.3 Å². The highest BCUT2D eigenvalue weighted by Gasteiger charge is 2.24. The van der Waals surface area contributed by atoms with Gasteiger partial charge in [0.2, 0.25) is 0 Å². The predicted octanol–water partition coefficient (Wildman–Crippen LogP) is 6.93. The SMILES string of the molecule is CCCCNC(=O)Oc1ccc(C2=Nc3c(cc(NC(=O)OCC)nc3N)N[C@H]2C)cc1.CCOC(=O)Nc1cc2c(c(N)n1)N=C(CN(C)c1ccc(OC)cc1)CN2. The van der Waals surface area contributed by atoms with Crippen LogP contribution >= 0.6 is 0 Å². The Morgan fingerprint density at radius 3 is 1.98 bits per heavy atom. The van der Waals surface area contributed by atoms with Gasteiger partial charge in [-0.2, -0.15) is 0 Å². The molecule has 9 N–H and O–H groups in total. The Morgan fingerprint density at radius 2 is 1.40 bits per heavy atom. The first-order valence-corrected chi connectivity index (χ1v) is 19.5. The fraction of sp³-hybridized carbons (Fsp3) is 0.341. The summed E-state index contributed by atoms with van der Waals surface area (Å²) in [7, 11) is 3.64. The van der Waals surface area contributed by atoms with Crippen LogP contribution in [0.4, 0.5) is 66.1 Å². The van der Waals surface area contributed by atoms with Crippen LogP contribution < -0.4 is 52.4 Å². The van der Waals surface area contributed by atoms with Crippen LogP contribution in [-0.4, -0.2) is 92.7 Å². The van der Waals surface area contributed by atoms with E-state index in [1.165, 1.54) is 0 Å². The number of carbonyl (C=O) groups is 3. The van der Waals surface area contributed by atoms with E-state index in [0.29, 0.717) is 48.3 Å². The minimum atomic E-state index is -0.603. The summed E-state index contributed by atoms with van der Waals surface area (Å²) >= 11 is 0. The molecule has 4 heterocycles. The van der Waals surface area contributed by atoms with Crippen molar-refractivity contribution in [1.82, 2.24) is 15.3 Å². The number of fused-ring (bicyclic) bond motifs is 2. The number of aromatic nitrogens is 2. The number of pyridine rings is 2. The molecule has 2 aromatic carbocycles. The lowest BCUT2D eigenvalue weighted by molar-refractivity contribution is 0.167. The number of benzene rings is 2. The molecule has 0 spiro atoms. The maximum absolute atomic E-state index is 11.8. The van der Waals surface area contributed by atoms with Crippen molar-refractivity contribution in [3.63, 3.8) is 0 Å². The van der Waals surface area contributed by atoms with Crippen LogP contribution in [0.5, 0.6) is 11.5 Å². The maximum atomic E-state index is 11.8. The van der Waals surface area contributed by atoms with E-state index in [9.17, 15) is 14.4 Å². The monoisotopic (exact) mass is 824 g/mol. The number of aliphatic imine (C=N–C) groups is 2. The van der Waals surface area contributed by atoms with Gasteiger partial charge >= 0.3 is 18.3 Å². The van der Waals surface area contributed by atoms with Crippen molar-refractivity contribution in [1.29, 1.82) is 0 Å². The first-order chi connectivity index (χ1) is 28.9. The van der Waals surface area contributed by atoms with Crippen molar-refractivity contribution in [3.05, 3.63) is 66.2 Å². The number of hydrogen-bond donors (Lipinski definition) is 7. The van der Waals surface area contributed by atoms with Crippen LogP contribution in [0.25, 0.3) is 0 Å². The van der Waals surface area contributed by atoms with Crippen molar-refractivity contribution in [2.75, 3.05) is 84.6 Å². The average molecular weight is 825 g/mol. The molecule has 0 fully saturated rings. The third-order valence-corrected chi connectivity index (χ3v) is 8.91. The zero-order valence-corrected chi connectivity index (χ0v) is 34.5. The van der Waals surface area contributed by atoms with Crippen LogP contribution in [0, 0.1) is 0 Å². The van der Waals surface area contributed by atoms with Crippen molar-refractivity contribution in [2.45, 2.75) is 46.6 Å². The lowest BCUT2D eigenvalue weighted by Gasteiger charge is -2.25. The topological polar surface area (TPSA) is 254 Å². The minimum Gasteiger partial charge on any atom is -0.497 e. The lowest BCUT2D eigenvalue weighted by Crippen LogP contribution is -2.31.